The van der Waals surface area contributed by atoms with Crippen molar-refractivity contribution in [3.63, 3.8) is 0 Å². The Morgan fingerprint density at radius 2 is 1.17 bits per heavy atom. The van der Waals surface area contributed by atoms with Gasteiger partial charge in [-0.05, 0) is 34.7 Å². The summed E-state index contributed by atoms with van der Waals surface area (Å²) in [5.41, 5.74) is 4.94. The van der Waals surface area contributed by atoms with Gasteiger partial charge in [0.25, 0.3) is 0 Å². The third-order valence-electron chi connectivity index (χ3n) is 4.49. The molecule has 0 spiro atoms. The summed E-state index contributed by atoms with van der Waals surface area (Å²) in [4.78, 5) is 2.25. The molecule has 24 heavy (non-hydrogen) atoms. The van der Waals surface area contributed by atoms with E-state index >= 15 is 0 Å². The van der Waals surface area contributed by atoms with Crippen molar-refractivity contribution in [3.05, 3.63) is 97.1 Å². The molecule has 0 aliphatic heterocycles. The third-order valence-corrected chi connectivity index (χ3v) is 4.49. The second kappa shape index (κ2) is 6.21. The highest BCUT2D eigenvalue weighted by Gasteiger charge is 2.10. The number of benzene rings is 4. The van der Waals surface area contributed by atoms with Gasteiger partial charge in [0.15, 0.2) is 0 Å². The number of nitrogens with zero attached hydrogens (tertiary/aromatic N) is 1. The Balaban J connectivity index is 1.90. The summed E-state index contributed by atoms with van der Waals surface area (Å²) >= 11 is 0. The highest BCUT2D eigenvalue weighted by atomic mass is 15.1. The number of anilines is 2. The number of rotatable bonds is 3. The van der Waals surface area contributed by atoms with E-state index in [4.69, 9.17) is 0 Å². The third kappa shape index (κ3) is 2.55. The lowest BCUT2D eigenvalue weighted by molar-refractivity contribution is 1.22. The Labute approximate surface area is 142 Å². The van der Waals surface area contributed by atoms with E-state index in [0.29, 0.717) is 0 Å². The van der Waals surface area contributed by atoms with Crippen molar-refractivity contribution in [1.82, 2.24) is 0 Å². The van der Waals surface area contributed by atoms with E-state index in [2.05, 4.69) is 103 Å². The van der Waals surface area contributed by atoms with Gasteiger partial charge in [-0.1, -0.05) is 78.9 Å². The molecule has 0 saturated carbocycles. The molecule has 0 aromatic heterocycles. The maximum Gasteiger partial charge on any atom is 0.0487 e. The van der Waals surface area contributed by atoms with Crippen LogP contribution in [-0.2, 0) is 0 Å². The van der Waals surface area contributed by atoms with E-state index in [1.54, 1.807) is 0 Å². The predicted molar refractivity (Wildman–Crippen MR) is 104 cm³/mol. The average Bonchev–Trinajstić information content (AvgIpc) is 2.68. The summed E-state index contributed by atoms with van der Waals surface area (Å²) in [6.07, 6.45) is 0. The van der Waals surface area contributed by atoms with Crippen molar-refractivity contribution in [2.75, 3.05) is 11.9 Å². The molecule has 1 heteroatoms. The molecule has 0 aliphatic rings. The van der Waals surface area contributed by atoms with E-state index < -0.39 is 0 Å². The fourth-order valence-electron chi connectivity index (χ4n) is 3.25. The quantitative estimate of drug-likeness (QED) is 0.431. The van der Waals surface area contributed by atoms with Crippen molar-refractivity contribution >= 4 is 22.1 Å². The molecule has 0 heterocycles. The second-order valence-corrected chi connectivity index (χ2v) is 5.94. The fourth-order valence-corrected chi connectivity index (χ4v) is 3.25. The summed E-state index contributed by atoms with van der Waals surface area (Å²) in [6.45, 7) is 0. The Bertz CT molecular complexity index is 959. The van der Waals surface area contributed by atoms with Crippen LogP contribution in [-0.4, -0.2) is 7.05 Å². The number of fused-ring (bicyclic) bond motifs is 1. The molecular weight excluding hydrogens is 290 g/mol. The maximum atomic E-state index is 2.25. The first kappa shape index (κ1) is 14.5. The zero-order valence-corrected chi connectivity index (χ0v) is 13.7. The van der Waals surface area contributed by atoms with Gasteiger partial charge in [-0.2, -0.15) is 0 Å². The molecule has 0 aliphatic carbocycles. The topological polar surface area (TPSA) is 3.24 Å². The van der Waals surface area contributed by atoms with Gasteiger partial charge in [-0.3, -0.25) is 0 Å². The van der Waals surface area contributed by atoms with E-state index in [-0.39, 0.29) is 0 Å². The zero-order valence-electron chi connectivity index (χ0n) is 13.7. The van der Waals surface area contributed by atoms with Gasteiger partial charge in [-0.25, -0.2) is 0 Å². The summed E-state index contributed by atoms with van der Waals surface area (Å²) in [5.74, 6) is 0. The van der Waals surface area contributed by atoms with Gasteiger partial charge < -0.3 is 4.90 Å². The Morgan fingerprint density at radius 3 is 1.92 bits per heavy atom. The van der Waals surface area contributed by atoms with Gasteiger partial charge in [0.1, 0.15) is 0 Å². The van der Waals surface area contributed by atoms with Crippen molar-refractivity contribution in [2.24, 2.45) is 0 Å². The van der Waals surface area contributed by atoms with Gasteiger partial charge in [0, 0.05) is 23.8 Å². The van der Waals surface area contributed by atoms with Gasteiger partial charge in [0.05, 0.1) is 0 Å². The average molecular weight is 309 g/mol. The molecule has 0 saturated heterocycles. The van der Waals surface area contributed by atoms with E-state index in [9.17, 15) is 0 Å². The molecule has 116 valence electrons. The minimum Gasteiger partial charge on any atom is -0.344 e. The Kier molecular flexibility index (Phi) is 3.76. The highest BCUT2D eigenvalue weighted by molar-refractivity contribution is 6.04. The van der Waals surface area contributed by atoms with Crippen LogP contribution >= 0.6 is 0 Å². The molecule has 0 N–H and O–H groups in total. The van der Waals surface area contributed by atoms with Crippen LogP contribution in [0.15, 0.2) is 97.1 Å². The molecule has 0 amide bonds. The Hall–Kier alpha value is -3.06. The highest BCUT2D eigenvalue weighted by Crippen LogP contribution is 2.35. The molecule has 4 rings (SSSR count). The zero-order chi connectivity index (χ0) is 16.4. The number of hydrogen-bond acceptors (Lipinski definition) is 1. The first-order valence-corrected chi connectivity index (χ1v) is 8.20. The van der Waals surface area contributed by atoms with Crippen molar-refractivity contribution < 1.29 is 0 Å². The molecule has 0 radical (unpaired) electrons. The first-order valence-electron chi connectivity index (χ1n) is 8.20. The fraction of sp³-hybridized carbons (Fsp3) is 0.0435. The summed E-state index contributed by atoms with van der Waals surface area (Å²) in [7, 11) is 2.12. The summed E-state index contributed by atoms with van der Waals surface area (Å²) in [5, 5.41) is 2.55. The predicted octanol–water partition coefficient (Wildman–Crippen LogP) is 6.27. The van der Waals surface area contributed by atoms with Crippen LogP contribution in [0.3, 0.4) is 0 Å². The van der Waals surface area contributed by atoms with Crippen LogP contribution in [0, 0.1) is 0 Å². The van der Waals surface area contributed by atoms with Crippen molar-refractivity contribution in [1.29, 1.82) is 0 Å². The smallest absolute Gasteiger partial charge is 0.0487 e. The van der Waals surface area contributed by atoms with Crippen LogP contribution in [0.25, 0.3) is 21.9 Å². The minimum atomic E-state index is 1.19. The van der Waals surface area contributed by atoms with Gasteiger partial charge >= 0.3 is 0 Å². The van der Waals surface area contributed by atoms with Crippen LogP contribution in [0.1, 0.15) is 0 Å². The van der Waals surface area contributed by atoms with Crippen molar-refractivity contribution in [2.45, 2.75) is 0 Å². The lowest BCUT2D eigenvalue weighted by Gasteiger charge is -2.22. The van der Waals surface area contributed by atoms with Gasteiger partial charge in [-0.15, -0.1) is 0 Å². The lowest BCUT2D eigenvalue weighted by atomic mass is 9.97. The minimum absolute atomic E-state index is 1.19. The number of para-hydroxylation sites is 1. The molecule has 0 bridgehead atoms. The number of hydrogen-bond donors (Lipinski definition) is 0. The second-order valence-electron chi connectivity index (χ2n) is 5.94. The SMILES string of the molecule is CN(c1ccccc1)c1cccc2c(-c3ccccc3)cccc12. The van der Waals surface area contributed by atoms with Gasteiger partial charge in [0.2, 0.25) is 0 Å². The summed E-state index contributed by atoms with van der Waals surface area (Å²) in [6, 6.07) is 34.1. The molecule has 0 unspecified atom stereocenters. The Morgan fingerprint density at radius 1 is 0.542 bits per heavy atom. The largest absolute Gasteiger partial charge is 0.344 e. The van der Waals surface area contributed by atoms with Crippen LogP contribution < -0.4 is 4.90 Å². The van der Waals surface area contributed by atoms with Crippen LogP contribution in [0.2, 0.25) is 0 Å². The van der Waals surface area contributed by atoms with Crippen LogP contribution in [0.4, 0.5) is 11.4 Å². The molecule has 1 nitrogen and oxygen atoms in total. The van der Waals surface area contributed by atoms with E-state index in [1.807, 2.05) is 6.07 Å². The van der Waals surface area contributed by atoms with E-state index in [0.717, 1.165) is 0 Å². The summed E-state index contributed by atoms with van der Waals surface area (Å²) < 4.78 is 0. The molecule has 0 atom stereocenters. The first-order chi connectivity index (χ1) is 11.8. The molecule has 4 aromatic rings. The van der Waals surface area contributed by atoms with Crippen molar-refractivity contribution in [3.8, 4) is 11.1 Å². The maximum absolute atomic E-state index is 2.25. The monoisotopic (exact) mass is 309 g/mol. The normalized spacial score (nSPS) is 10.7. The molecular formula is C23H19N. The van der Waals surface area contributed by atoms with Crippen LogP contribution in [0.5, 0.6) is 0 Å². The standard InChI is InChI=1S/C23H19N/c1-24(19-12-6-3-7-13-19)23-17-9-15-21-20(14-8-16-22(21)23)18-10-4-2-5-11-18/h2-17H,1H3. The molecule has 4 aromatic carbocycles. The molecule has 0 fully saturated rings. The van der Waals surface area contributed by atoms with E-state index in [1.165, 1.54) is 33.3 Å². The lowest BCUT2D eigenvalue weighted by Crippen LogP contribution is -2.09.